The topological polar surface area (TPSA) is 114 Å². The summed E-state index contributed by atoms with van der Waals surface area (Å²) < 4.78 is 6.82. The van der Waals surface area contributed by atoms with Crippen LogP contribution in [0.4, 0.5) is 5.82 Å². The Hall–Kier alpha value is -2.89. The molecule has 3 aromatic heterocycles. The third-order valence-corrected chi connectivity index (χ3v) is 3.94. The number of hydrogen-bond acceptors (Lipinski definition) is 7. The van der Waals surface area contributed by atoms with Crippen LogP contribution < -0.4 is 11.1 Å². The Kier molecular flexibility index (Phi) is 3.45. The molecular formula is C16H16N6O2. The zero-order valence-electron chi connectivity index (χ0n) is 12.9. The minimum atomic E-state index is -0.988. The van der Waals surface area contributed by atoms with E-state index in [4.69, 9.17) is 10.2 Å². The fourth-order valence-electron chi connectivity index (χ4n) is 2.63. The highest BCUT2D eigenvalue weighted by atomic mass is 16.3. The summed E-state index contributed by atoms with van der Waals surface area (Å²) in [6.07, 6.45) is 4.37. The van der Waals surface area contributed by atoms with Crippen LogP contribution in [0.5, 0.6) is 0 Å². The Labute approximate surface area is 137 Å². The highest BCUT2D eigenvalue weighted by molar-refractivity contribution is 5.63. The summed E-state index contributed by atoms with van der Waals surface area (Å²) in [7, 11) is 0. The van der Waals surface area contributed by atoms with Gasteiger partial charge in [0.2, 0.25) is 5.82 Å². The van der Waals surface area contributed by atoms with Crippen LogP contribution in [0.25, 0.3) is 17.2 Å². The predicted octanol–water partition coefficient (Wildman–Crippen LogP) is 0.432. The van der Waals surface area contributed by atoms with Crippen LogP contribution in [0.15, 0.2) is 29.0 Å². The molecule has 1 aliphatic rings. The molecule has 3 aromatic rings. The van der Waals surface area contributed by atoms with Crippen molar-refractivity contribution in [2.45, 2.75) is 18.4 Å². The maximum atomic E-state index is 10.4. The smallest absolute Gasteiger partial charge is 0.218 e. The van der Waals surface area contributed by atoms with Gasteiger partial charge >= 0.3 is 0 Å². The number of nitrogens with two attached hydrogens (primary N) is 1. The summed E-state index contributed by atoms with van der Waals surface area (Å²) >= 11 is 0. The van der Waals surface area contributed by atoms with Gasteiger partial charge in [0.15, 0.2) is 17.2 Å². The molecule has 8 nitrogen and oxygen atoms in total. The van der Waals surface area contributed by atoms with Gasteiger partial charge in [0.25, 0.3) is 0 Å². The summed E-state index contributed by atoms with van der Waals surface area (Å²) in [5, 5.41) is 18.0. The summed E-state index contributed by atoms with van der Waals surface area (Å²) in [4.78, 5) is 8.56. The lowest BCUT2D eigenvalue weighted by atomic mass is 9.93. The van der Waals surface area contributed by atoms with Crippen molar-refractivity contribution in [1.82, 2.24) is 24.9 Å². The molecule has 0 bridgehead atoms. The highest BCUT2D eigenvalue weighted by Gasteiger charge is 2.26. The van der Waals surface area contributed by atoms with Crippen molar-refractivity contribution in [1.29, 1.82) is 0 Å². The van der Waals surface area contributed by atoms with Gasteiger partial charge in [0.05, 0.1) is 12.5 Å². The van der Waals surface area contributed by atoms with Crippen molar-refractivity contribution in [2.75, 3.05) is 18.8 Å². The average molecular weight is 324 g/mol. The number of anilines is 1. The number of nitrogen functional groups attached to an aromatic ring is 1. The largest absolute Gasteiger partial charge is 0.461 e. The van der Waals surface area contributed by atoms with Crippen molar-refractivity contribution in [3.8, 4) is 23.4 Å². The van der Waals surface area contributed by atoms with E-state index in [1.807, 2.05) is 0 Å². The van der Waals surface area contributed by atoms with E-state index in [-0.39, 0.29) is 5.82 Å². The van der Waals surface area contributed by atoms with Gasteiger partial charge in [0.1, 0.15) is 11.3 Å². The van der Waals surface area contributed by atoms with E-state index < -0.39 is 5.60 Å². The number of fused-ring (bicyclic) bond motifs is 1. The molecule has 0 spiro atoms. The number of piperidine rings is 1. The molecule has 0 amide bonds. The fourth-order valence-corrected chi connectivity index (χ4v) is 2.63. The van der Waals surface area contributed by atoms with Crippen LogP contribution in [0.3, 0.4) is 0 Å². The first kappa shape index (κ1) is 14.7. The maximum Gasteiger partial charge on any atom is 0.218 e. The Morgan fingerprint density at radius 1 is 1.33 bits per heavy atom. The number of nitrogens with one attached hydrogen (secondary N) is 1. The molecule has 0 atom stereocenters. The van der Waals surface area contributed by atoms with Gasteiger partial charge < -0.3 is 20.6 Å². The van der Waals surface area contributed by atoms with Gasteiger partial charge in [-0.15, -0.1) is 5.10 Å². The van der Waals surface area contributed by atoms with Crippen LogP contribution in [-0.4, -0.2) is 43.4 Å². The van der Waals surface area contributed by atoms with Crippen molar-refractivity contribution in [3.05, 3.63) is 30.3 Å². The third kappa shape index (κ3) is 2.71. The molecular weight excluding hydrogens is 308 g/mol. The van der Waals surface area contributed by atoms with Gasteiger partial charge in [-0.1, -0.05) is 5.92 Å². The van der Waals surface area contributed by atoms with Gasteiger partial charge in [-0.05, 0) is 44.0 Å². The van der Waals surface area contributed by atoms with E-state index >= 15 is 0 Å². The minimum Gasteiger partial charge on any atom is -0.461 e. The lowest BCUT2D eigenvalue weighted by Crippen LogP contribution is -2.40. The Morgan fingerprint density at radius 3 is 2.92 bits per heavy atom. The fraction of sp³-hybridized carbons (Fsp3) is 0.312. The Morgan fingerprint density at radius 2 is 2.17 bits per heavy atom. The van der Waals surface area contributed by atoms with Gasteiger partial charge in [0, 0.05) is 0 Å². The van der Waals surface area contributed by atoms with Gasteiger partial charge in [-0.2, -0.15) is 0 Å². The zero-order chi connectivity index (χ0) is 16.6. The van der Waals surface area contributed by atoms with Crippen molar-refractivity contribution in [3.63, 3.8) is 0 Å². The second-order valence-corrected chi connectivity index (χ2v) is 5.72. The minimum absolute atomic E-state index is 0.226. The molecule has 4 N–H and O–H groups in total. The average Bonchev–Trinajstić information content (AvgIpc) is 3.23. The molecule has 0 aromatic carbocycles. The SMILES string of the molecule is Nc1nc(C#CC2(O)CCNCC2)cn2nc(-c3ccco3)nc12. The molecule has 24 heavy (non-hydrogen) atoms. The number of furan rings is 1. The molecule has 0 radical (unpaired) electrons. The van der Waals surface area contributed by atoms with E-state index in [0.29, 0.717) is 35.8 Å². The summed E-state index contributed by atoms with van der Waals surface area (Å²) in [6.45, 7) is 1.49. The standard InChI is InChI=1S/C16H16N6O2/c17-13-15-20-14(12-2-1-9-24-12)21-22(15)10-11(19-13)3-4-16(23)5-7-18-8-6-16/h1-2,9-10,18,23H,5-8H2,(H2,17,19). The van der Waals surface area contributed by atoms with Crippen molar-refractivity contribution < 1.29 is 9.52 Å². The normalized spacial score (nSPS) is 16.7. The molecule has 1 aliphatic heterocycles. The zero-order valence-corrected chi connectivity index (χ0v) is 12.9. The van der Waals surface area contributed by atoms with Crippen molar-refractivity contribution >= 4 is 11.5 Å². The highest BCUT2D eigenvalue weighted by Crippen LogP contribution is 2.19. The van der Waals surface area contributed by atoms with Crippen LogP contribution in [0.2, 0.25) is 0 Å². The number of aromatic nitrogens is 4. The quantitative estimate of drug-likeness (QED) is 0.556. The lowest BCUT2D eigenvalue weighted by Gasteiger charge is -2.27. The maximum absolute atomic E-state index is 10.4. The van der Waals surface area contributed by atoms with E-state index in [1.54, 1.807) is 24.6 Å². The Balaban J connectivity index is 1.70. The summed E-state index contributed by atoms with van der Waals surface area (Å²) in [5.41, 5.74) is 5.84. The van der Waals surface area contributed by atoms with Gasteiger partial charge in [-0.25, -0.2) is 14.5 Å². The number of aliphatic hydroxyl groups is 1. The number of rotatable bonds is 1. The second-order valence-electron chi connectivity index (χ2n) is 5.72. The molecule has 8 heteroatoms. The molecule has 4 heterocycles. The van der Waals surface area contributed by atoms with Crippen LogP contribution >= 0.6 is 0 Å². The van der Waals surface area contributed by atoms with Crippen molar-refractivity contribution in [2.24, 2.45) is 0 Å². The molecule has 0 saturated carbocycles. The first-order chi connectivity index (χ1) is 11.6. The van der Waals surface area contributed by atoms with E-state index in [0.717, 1.165) is 13.1 Å². The van der Waals surface area contributed by atoms with Crippen LogP contribution in [0.1, 0.15) is 18.5 Å². The number of hydrogen-bond donors (Lipinski definition) is 3. The molecule has 1 fully saturated rings. The number of nitrogens with zero attached hydrogens (tertiary/aromatic N) is 4. The Bertz CT molecular complexity index is 929. The first-order valence-electron chi connectivity index (χ1n) is 7.66. The first-order valence-corrected chi connectivity index (χ1v) is 7.66. The molecule has 122 valence electrons. The van der Waals surface area contributed by atoms with Gasteiger partial charge in [-0.3, -0.25) is 0 Å². The lowest BCUT2D eigenvalue weighted by molar-refractivity contribution is 0.0679. The van der Waals surface area contributed by atoms with Crippen LogP contribution in [-0.2, 0) is 0 Å². The van der Waals surface area contributed by atoms with E-state index in [9.17, 15) is 5.11 Å². The second kappa shape index (κ2) is 5.63. The monoisotopic (exact) mass is 324 g/mol. The molecule has 4 rings (SSSR count). The molecule has 1 saturated heterocycles. The third-order valence-electron chi connectivity index (χ3n) is 3.94. The molecule has 0 aliphatic carbocycles. The van der Waals surface area contributed by atoms with E-state index in [2.05, 4.69) is 32.2 Å². The predicted molar refractivity (Wildman–Crippen MR) is 86.8 cm³/mol. The summed E-state index contributed by atoms with van der Waals surface area (Å²) in [5.74, 6) is 7.01. The van der Waals surface area contributed by atoms with E-state index in [1.165, 1.54) is 4.52 Å². The van der Waals surface area contributed by atoms with Crippen LogP contribution in [0, 0.1) is 11.8 Å². The summed E-state index contributed by atoms with van der Waals surface area (Å²) in [6, 6.07) is 3.53. The molecule has 0 unspecified atom stereocenters.